The lowest BCUT2D eigenvalue weighted by atomic mass is 9.81. The van der Waals surface area contributed by atoms with Gasteiger partial charge in [-0.15, -0.1) is 0 Å². The summed E-state index contributed by atoms with van der Waals surface area (Å²) in [6.45, 7) is 7.82. The van der Waals surface area contributed by atoms with Crippen LogP contribution in [0.25, 0.3) is 0 Å². The van der Waals surface area contributed by atoms with Gasteiger partial charge in [0.25, 0.3) is 5.91 Å². The van der Waals surface area contributed by atoms with Crippen LogP contribution in [0.5, 0.6) is 0 Å². The summed E-state index contributed by atoms with van der Waals surface area (Å²) in [7, 11) is 0. The van der Waals surface area contributed by atoms with Crippen LogP contribution in [-0.4, -0.2) is 47.8 Å². The molecule has 0 bridgehead atoms. The highest BCUT2D eigenvalue weighted by atomic mass is 16.5. The first kappa shape index (κ1) is 33.8. The molecule has 45 heavy (non-hydrogen) atoms. The number of nitrogens with one attached hydrogen (secondary N) is 1. The van der Waals surface area contributed by atoms with Crippen LogP contribution in [-0.2, 0) is 14.9 Å². The van der Waals surface area contributed by atoms with Crippen molar-refractivity contribution in [2.24, 2.45) is 0 Å². The van der Waals surface area contributed by atoms with E-state index in [0.29, 0.717) is 17.0 Å². The maximum atomic E-state index is 14.0. The first-order valence-corrected chi connectivity index (χ1v) is 16.0. The molecule has 0 saturated heterocycles. The van der Waals surface area contributed by atoms with Crippen molar-refractivity contribution in [1.29, 1.82) is 0 Å². The van der Waals surface area contributed by atoms with E-state index in [2.05, 4.69) is 38.2 Å². The molecule has 2 N–H and O–H groups in total. The van der Waals surface area contributed by atoms with E-state index in [0.717, 1.165) is 11.1 Å². The summed E-state index contributed by atoms with van der Waals surface area (Å²) in [6.07, 6.45) is 4.64. The Morgan fingerprint density at radius 2 is 1.40 bits per heavy atom. The van der Waals surface area contributed by atoms with Crippen LogP contribution in [0.3, 0.4) is 0 Å². The minimum atomic E-state index is -1.47. The number of rotatable bonds is 12. The van der Waals surface area contributed by atoms with Gasteiger partial charge >= 0.3 is 5.97 Å². The molecule has 1 unspecified atom stereocenters. The van der Waals surface area contributed by atoms with Crippen molar-refractivity contribution in [3.8, 4) is 0 Å². The Balaban J connectivity index is 1.53. The van der Waals surface area contributed by atoms with E-state index in [-0.39, 0.29) is 42.1 Å². The number of amides is 1. The molecule has 4 rings (SSSR count). The lowest BCUT2D eigenvalue weighted by molar-refractivity contribution is -0.152. The molecular formula is C38H45NO6. The van der Waals surface area contributed by atoms with Gasteiger partial charge in [0.15, 0.2) is 17.7 Å². The standard InChI is InChI=1S/C38H45NO6/c1-5-45-37(44)34(41)24-39-36(43)30-17-15-29(16-18-30)35(42)32(23-33(40)28-19-21-31(22-20-28)38(2,3)4)27-13-11-26(12-14-27)25-9-7-6-8-10-25/h11-22,25,32,34,41H,5-10,23-24H2,1-4H3,(H,39,43)/t32-,34?/m1/s1. The smallest absolute Gasteiger partial charge is 0.336 e. The molecule has 0 heterocycles. The van der Waals surface area contributed by atoms with Gasteiger partial charge in [0.05, 0.1) is 19.1 Å². The summed E-state index contributed by atoms with van der Waals surface area (Å²) < 4.78 is 4.75. The zero-order chi connectivity index (χ0) is 32.6. The average Bonchev–Trinajstić information content (AvgIpc) is 3.06. The fraction of sp³-hybridized carbons (Fsp3) is 0.421. The number of aliphatic hydroxyl groups is 1. The number of hydrogen-bond donors (Lipinski definition) is 2. The number of carbonyl (C=O) groups is 4. The summed E-state index contributed by atoms with van der Waals surface area (Å²) >= 11 is 0. The van der Waals surface area contributed by atoms with Crippen molar-refractivity contribution in [1.82, 2.24) is 5.32 Å². The number of ether oxygens (including phenoxy) is 1. The summed E-state index contributed by atoms with van der Waals surface area (Å²) in [5, 5.41) is 12.4. The first-order valence-electron chi connectivity index (χ1n) is 16.0. The van der Waals surface area contributed by atoms with Gasteiger partial charge in [0, 0.05) is 23.1 Å². The number of ketones is 2. The second-order valence-electron chi connectivity index (χ2n) is 12.9. The third kappa shape index (κ3) is 8.98. The van der Waals surface area contributed by atoms with Crippen molar-refractivity contribution in [3.63, 3.8) is 0 Å². The molecule has 1 amide bonds. The van der Waals surface area contributed by atoms with Crippen LogP contribution in [0.15, 0.2) is 72.8 Å². The summed E-state index contributed by atoms with van der Waals surface area (Å²) in [5.74, 6) is -1.79. The summed E-state index contributed by atoms with van der Waals surface area (Å²) in [4.78, 5) is 51.8. The second-order valence-corrected chi connectivity index (χ2v) is 12.9. The van der Waals surface area contributed by atoms with E-state index < -0.39 is 23.9 Å². The SMILES string of the molecule is CCOC(=O)C(O)CNC(=O)c1ccc(C(=O)[C@H](CC(=O)c2ccc(C(C)(C)C)cc2)c2ccc(C3CCCCC3)cc2)cc1. The van der Waals surface area contributed by atoms with Crippen molar-refractivity contribution >= 4 is 23.4 Å². The van der Waals surface area contributed by atoms with Crippen molar-refractivity contribution in [2.45, 2.75) is 89.6 Å². The zero-order valence-corrected chi connectivity index (χ0v) is 26.8. The molecule has 7 heteroatoms. The van der Waals surface area contributed by atoms with Crippen molar-refractivity contribution < 1.29 is 29.0 Å². The Morgan fingerprint density at radius 1 is 0.822 bits per heavy atom. The van der Waals surface area contributed by atoms with E-state index in [4.69, 9.17) is 4.74 Å². The van der Waals surface area contributed by atoms with Gasteiger partial charge in [-0.05, 0) is 59.9 Å². The zero-order valence-electron chi connectivity index (χ0n) is 26.8. The fourth-order valence-corrected chi connectivity index (χ4v) is 5.86. The average molecular weight is 612 g/mol. The van der Waals surface area contributed by atoms with Gasteiger partial charge in [0.2, 0.25) is 0 Å². The molecule has 0 radical (unpaired) electrons. The molecule has 1 saturated carbocycles. The number of esters is 1. The second kappa shape index (κ2) is 15.3. The van der Waals surface area contributed by atoms with E-state index in [1.165, 1.54) is 49.8 Å². The Labute approximate surface area is 266 Å². The minimum absolute atomic E-state index is 0.0183. The monoisotopic (exact) mass is 611 g/mol. The highest BCUT2D eigenvalue weighted by Gasteiger charge is 2.27. The lowest BCUT2D eigenvalue weighted by Gasteiger charge is -2.23. The van der Waals surface area contributed by atoms with Gasteiger partial charge in [0.1, 0.15) is 0 Å². The van der Waals surface area contributed by atoms with Gasteiger partial charge in [-0.2, -0.15) is 0 Å². The molecule has 1 fully saturated rings. The maximum Gasteiger partial charge on any atom is 0.336 e. The highest BCUT2D eigenvalue weighted by Crippen LogP contribution is 2.34. The third-order valence-corrected chi connectivity index (χ3v) is 8.64. The predicted molar refractivity (Wildman–Crippen MR) is 175 cm³/mol. The van der Waals surface area contributed by atoms with Crippen LogP contribution in [0, 0.1) is 0 Å². The largest absolute Gasteiger partial charge is 0.464 e. The van der Waals surface area contributed by atoms with Crippen LogP contribution >= 0.6 is 0 Å². The highest BCUT2D eigenvalue weighted by molar-refractivity contribution is 6.06. The van der Waals surface area contributed by atoms with Crippen LogP contribution < -0.4 is 5.32 Å². The topological polar surface area (TPSA) is 110 Å². The van der Waals surface area contributed by atoms with E-state index in [1.807, 2.05) is 36.4 Å². The molecule has 0 aliphatic heterocycles. The lowest BCUT2D eigenvalue weighted by Crippen LogP contribution is -2.37. The Morgan fingerprint density at radius 3 is 1.98 bits per heavy atom. The van der Waals surface area contributed by atoms with E-state index in [1.54, 1.807) is 19.1 Å². The molecule has 1 aliphatic rings. The Kier molecular flexibility index (Phi) is 11.5. The van der Waals surface area contributed by atoms with Crippen LogP contribution in [0.1, 0.15) is 126 Å². The summed E-state index contributed by atoms with van der Waals surface area (Å²) in [5.41, 5.74) is 4.37. The Hall–Kier alpha value is -4.10. The minimum Gasteiger partial charge on any atom is -0.464 e. The van der Waals surface area contributed by atoms with Crippen LogP contribution in [0.4, 0.5) is 0 Å². The van der Waals surface area contributed by atoms with Gasteiger partial charge in [-0.3, -0.25) is 14.4 Å². The fourth-order valence-electron chi connectivity index (χ4n) is 5.86. The molecule has 238 valence electrons. The first-order chi connectivity index (χ1) is 21.5. The molecule has 3 aromatic rings. The van der Waals surface area contributed by atoms with Crippen LogP contribution in [0.2, 0.25) is 0 Å². The molecule has 0 spiro atoms. The normalized spacial score (nSPS) is 15.1. The maximum absolute atomic E-state index is 14.0. The molecular weight excluding hydrogens is 566 g/mol. The molecule has 2 atom stereocenters. The Bertz CT molecular complexity index is 1460. The number of benzene rings is 3. The molecule has 0 aromatic heterocycles. The third-order valence-electron chi connectivity index (χ3n) is 8.64. The van der Waals surface area contributed by atoms with Gasteiger partial charge in [-0.1, -0.05) is 101 Å². The molecule has 1 aliphatic carbocycles. The van der Waals surface area contributed by atoms with Crippen molar-refractivity contribution in [2.75, 3.05) is 13.2 Å². The van der Waals surface area contributed by atoms with E-state index >= 15 is 0 Å². The summed E-state index contributed by atoms with van der Waals surface area (Å²) in [6, 6.07) is 22.0. The van der Waals surface area contributed by atoms with Crippen molar-refractivity contribution in [3.05, 3.63) is 106 Å². The molecule has 3 aromatic carbocycles. The van der Waals surface area contributed by atoms with Gasteiger partial charge < -0.3 is 15.2 Å². The number of aliphatic hydroxyl groups excluding tert-OH is 1. The number of Topliss-reactive ketones (excluding diaryl/α,β-unsaturated/α-hetero) is 2. The predicted octanol–water partition coefficient (Wildman–Crippen LogP) is 6.93. The quantitative estimate of drug-likeness (QED) is 0.170. The van der Waals surface area contributed by atoms with E-state index in [9.17, 15) is 24.3 Å². The molecule has 7 nitrogen and oxygen atoms in total. The number of carbonyl (C=O) groups excluding carboxylic acids is 4. The van der Waals surface area contributed by atoms with Gasteiger partial charge in [-0.25, -0.2) is 4.79 Å². The number of hydrogen-bond acceptors (Lipinski definition) is 6.